The van der Waals surface area contributed by atoms with E-state index in [0.717, 1.165) is 16.7 Å². The molecule has 1 aliphatic rings. The molecule has 2 rings (SSSR count). The Bertz CT molecular complexity index is 514. The van der Waals surface area contributed by atoms with Crippen LogP contribution in [0.4, 0.5) is 0 Å². The summed E-state index contributed by atoms with van der Waals surface area (Å²) in [5.74, 6) is 0.0158. The lowest BCUT2D eigenvalue weighted by Crippen LogP contribution is -2.34. The highest BCUT2D eigenvalue weighted by Gasteiger charge is 2.47. The van der Waals surface area contributed by atoms with Crippen LogP contribution < -0.4 is 0 Å². The van der Waals surface area contributed by atoms with Gasteiger partial charge in [0.05, 0.1) is 5.41 Å². The quantitative estimate of drug-likeness (QED) is 0.732. The van der Waals surface area contributed by atoms with Gasteiger partial charge in [0.15, 0.2) is 5.78 Å². The lowest BCUT2D eigenvalue weighted by Gasteiger charge is -2.21. The van der Waals surface area contributed by atoms with Crippen LogP contribution in [0.15, 0.2) is 12.1 Å². The van der Waals surface area contributed by atoms with Gasteiger partial charge in [-0.1, -0.05) is 13.0 Å². The molecular formula is C15H18O2. The first-order valence-electron chi connectivity index (χ1n) is 6.08. The molecule has 0 N–H and O–H groups in total. The zero-order valence-electron chi connectivity index (χ0n) is 10.9. The van der Waals surface area contributed by atoms with E-state index in [-0.39, 0.29) is 11.6 Å². The number of ketones is 2. The highest BCUT2D eigenvalue weighted by atomic mass is 16.2. The number of fused-ring (bicyclic) bond motifs is 1. The van der Waals surface area contributed by atoms with Crippen LogP contribution in [0.3, 0.4) is 0 Å². The van der Waals surface area contributed by atoms with Crippen molar-refractivity contribution in [1.82, 2.24) is 0 Å². The molecule has 1 aromatic carbocycles. The second-order valence-corrected chi connectivity index (χ2v) is 5.09. The van der Waals surface area contributed by atoms with Crippen molar-refractivity contribution in [3.8, 4) is 0 Å². The van der Waals surface area contributed by atoms with E-state index in [1.54, 1.807) is 0 Å². The Balaban J connectivity index is 2.59. The van der Waals surface area contributed by atoms with Gasteiger partial charge < -0.3 is 0 Å². The molecule has 0 heterocycles. The number of carbonyl (C=O) groups is 2. The Hall–Kier alpha value is -1.44. The summed E-state index contributed by atoms with van der Waals surface area (Å²) in [6.45, 7) is 7.50. The molecule has 17 heavy (non-hydrogen) atoms. The van der Waals surface area contributed by atoms with E-state index in [9.17, 15) is 9.59 Å². The molecule has 2 heteroatoms. The number of rotatable bonds is 2. The minimum Gasteiger partial charge on any atom is -0.299 e. The first kappa shape index (κ1) is 12.0. The first-order chi connectivity index (χ1) is 7.92. The third kappa shape index (κ3) is 1.54. The molecule has 90 valence electrons. The zero-order chi connectivity index (χ0) is 12.8. The van der Waals surface area contributed by atoms with Gasteiger partial charge in [-0.3, -0.25) is 9.59 Å². The van der Waals surface area contributed by atoms with Crippen LogP contribution in [0, 0.1) is 19.3 Å². The Labute approximate surface area is 102 Å². The fourth-order valence-corrected chi connectivity index (χ4v) is 2.72. The van der Waals surface area contributed by atoms with E-state index in [1.807, 2.05) is 26.8 Å². The summed E-state index contributed by atoms with van der Waals surface area (Å²) >= 11 is 0. The van der Waals surface area contributed by atoms with Crippen molar-refractivity contribution in [3.05, 3.63) is 34.4 Å². The number of aryl methyl sites for hydroxylation is 2. The Morgan fingerprint density at radius 1 is 1.29 bits per heavy atom. The summed E-state index contributed by atoms with van der Waals surface area (Å²) in [7, 11) is 0. The minimum atomic E-state index is -0.789. The highest BCUT2D eigenvalue weighted by Crippen LogP contribution is 2.41. The van der Waals surface area contributed by atoms with Crippen molar-refractivity contribution in [2.75, 3.05) is 0 Å². The number of hydrogen-bond acceptors (Lipinski definition) is 2. The SMILES string of the molecule is CCC1(C(C)=O)Cc2cc(C)c(C)cc2C1=O. The van der Waals surface area contributed by atoms with Gasteiger partial charge in [0.25, 0.3) is 0 Å². The monoisotopic (exact) mass is 230 g/mol. The maximum atomic E-state index is 12.4. The molecule has 1 aromatic rings. The average molecular weight is 230 g/mol. The van der Waals surface area contributed by atoms with Crippen LogP contribution in [0.1, 0.15) is 47.3 Å². The van der Waals surface area contributed by atoms with Crippen molar-refractivity contribution in [2.24, 2.45) is 5.41 Å². The fourth-order valence-electron chi connectivity index (χ4n) is 2.72. The summed E-state index contributed by atoms with van der Waals surface area (Å²) in [5.41, 5.74) is 3.31. The van der Waals surface area contributed by atoms with Crippen molar-refractivity contribution in [3.63, 3.8) is 0 Å². The van der Waals surface area contributed by atoms with Gasteiger partial charge in [-0.05, 0) is 56.4 Å². The molecule has 1 unspecified atom stereocenters. The molecule has 0 aromatic heterocycles. The molecule has 0 bridgehead atoms. The van der Waals surface area contributed by atoms with Gasteiger partial charge in [0.1, 0.15) is 5.78 Å². The van der Waals surface area contributed by atoms with E-state index in [4.69, 9.17) is 0 Å². The summed E-state index contributed by atoms with van der Waals surface area (Å²) in [6.07, 6.45) is 1.17. The van der Waals surface area contributed by atoms with Crippen LogP contribution in [-0.2, 0) is 11.2 Å². The molecule has 0 saturated carbocycles. The maximum Gasteiger partial charge on any atom is 0.176 e. The normalized spacial score (nSPS) is 22.7. The van der Waals surface area contributed by atoms with Gasteiger partial charge in [-0.15, -0.1) is 0 Å². The summed E-state index contributed by atoms with van der Waals surface area (Å²) in [4.78, 5) is 24.3. The predicted molar refractivity (Wildman–Crippen MR) is 67.4 cm³/mol. The van der Waals surface area contributed by atoms with Gasteiger partial charge >= 0.3 is 0 Å². The molecular weight excluding hydrogens is 212 g/mol. The Kier molecular flexibility index (Phi) is 2.69. The molecule has 1 aliphatic carbocycles. The number of benzene rings is 1. The van der Waals surface area contributed by atoms with E-state index >= 15 is 0 Å². The number of Topliss-reactive ketones (excluding diaryl/α,β-unsaturated/α-hetero) is 2. The predicted octanol–water partition coefficient (Wildman–Crippen LogP) is 3.03. The molecule has 0 amide bonds. The molecule has 0 radical (unpaired) electrons. The molecule has 0 aliphatic heterocycles. The second kappa shape index (κ2) is 3.80. The second-order valence-electron chi connectivity index (χ2n) is 5.09. The van der Waals surface area contributed by atoms with Crippen molar-refractivity contribution in [1.29, 1.82) is 0 Å². The molecule has 0 saturated heterocycles. The molecule has 0 fully saturated rings. The Morgan fingerprint density at radius 3 is 2.41 bits per heavy atom. The topological polar surface area (TPSA) is 34.1 Å². The van der Waals surface area contributed by atoms with Crippen LogP contribution in [0.2, 0.25) is 0 Å². The summed E-state index contributed by atoms with van der Waals surface area (Å²) in [6, 6.07) is 4.00. The van der Waals surface area contributed by atoms with Gasteiger partial charge in [0.2, 0.25) is 0 Å². The van der Waals surface area contributed by atoms with Gasteiger partial charge in [0, 0.05) is 5.56 Å². The lowest BCUT2D eigenvalue weighted by atomic mass is 9.77. The van der Waals surface area contributed by atoms with Crippen molar-refractivity contribution >= 4 is 11.6 Å². The lowest BCUT2D eigenvalue weighted by molar-refractivity contribution is -0.124. The van der Waals surface area contributed by atoms with E-state index in [1.165, 1.54) is 12.5 Å². The molecule has 0 spiro atoms. The highest BCUT2D eigenvalue weighted by molar-refractivity contribution is 6.17. The molecule has 2 nitrogen and oxygen atoms in total. The van der Waals surface area contributed by atoms with Crippen LogP contribution in [-0.4, -0.2) is 11.6 Å². The Morgan fingerprint density at radius 2 is 1.88 bits per heavy atom. The zero-order valence-corrected chi connectivity index (χ0v) is 10.9. The van der Waals surface area contributed by atoms with Crippen LogP contribution >= 0.6 is 0 Å². The van der Waals surface area contributed by atoms with Crippen molar-refractivity contribution in [2.45, 2.75) is 40.5 Å². The van der Waals surface area contributed by atoms with E-state index in [0.29, 0.717) is 12.8 Å². The smallest absolute Gasteiger partial charge is 0.176 e. The van der Waals surface area contributed by atoms with Crippen LogP contribution in [0.5, 0.6) is 0 Å². The molecule has 1 atom stereocenters. The van der Waals surface area contributed by atoms with Gasteiger partial charge in [-0.25, -0.2) is 0 Å². The average Bonchev–Trinajstić information content (AvgIpc) is 2.54. The van der Waals surface area contributed by atoms with Crippen LogP contribution in [0.25, 0.3) is 0 Å². The minimum absolute atomic E-state index is 0.00324. The maximum absolute atomic E-state index is 12.4. The standard InChI is InChI=1S/C15H18O2/c1-5-15(11(4)16)8-12-6-9(2)10(3)7-13(12)14(15)17/h6-7H,5,8H2,1-4H3. The van der Waals surface area contributed by atoms with Gasteiger partial charge in [-0.2, -0.15) is 0 Å². The summed E-state index contributed by atoms with van der Waals surface area (Å²) in [5, 5.41) is 0. The number of hydrogen-bond donors (Lipinski definition) is 0. The van der Waals surface area contributed by atoms with Crippen molar-refractivity contribution < 1.29 is 9.59 Å². The van der Waals surface area contributed by atoms with E-state index < -0.39 is 5.41 Å². The third-order valence-corrected chi connectivity index (χ3v) is 4.17. The van der Waals surface area contributed by atoms with E-state index in [2.05, 4.69) is 6.07 Å². The fraction of sp³-hybridized carbons (Fsp3) is 0.467. The largest absolute Gasteiger partial charge is 0.299 e. The summed E-state index contributed by atoms with van der Waals surface area (Å²) < 4.78 is 0. The first-order valence-corrected chi connectivity index (χ1v) is 6.08. The third-order valence-electron chi connectivity index (χ3n) is 4.17. The number of carbonyl (C=O) groups excluding carboxylic acids is 2.